The Bertz CT molecular complexity index is 6470. The fraction of sp³-hybridized carbons (Fsp3) is 0.548. The summed E-state index contributed by atoms with van der Waals surface area (Å²) in [5.41, 5.74) is 21.4. The molecule has 6 aliphatic rings. The fourth-order valence-corrected chi connectivity index (χ4v) is 23.3. The van der Waals surface area contributed by atoms with Crippen LogP contribution < -0.4 is 75.5 Å². The van der Waals surface area contributed by atoms with Crippen LogP contribution in [0.25, 0.3) is 44.7 Å². The molecular weight excluding hydrogens is 1920 g/mol. The van der Waals surface area contributed by atoms with Gasteiger partial charge in [-0.25, -0.2) is 59.4 Å². The molecule has 6 unspecified atom stereocenters. The van der Waals surface area contributed by atoms with Gasteiger partial charge in [0, 0.05) is 69.2 Å². The van der Waals surface area contributed by atoms with Gasteiger partial charge in [0.25, 0.3) is 16.7 Å². The maximum atomic E-state index is 14.9. The van der Waals surface area contributed by atoms with Crippen molar-refractivity contribution in [3.8, 4) is 0 Å². The van der Waals surface area contributed by atoms with Gasteiger partial charge >= 0.3 is 11.4 Å². The second kappa shape index (κ2) is 37.5. The van der Waals surface area contributed by atoms with Gasteiger partial charge in [0.15, 0.2) is 52.4 Å². The molecule has 0 amide bonds. The number of aromatic nitrogens is 20. The quantitative estimate of drug-likeness (QED) is 0.0174. The zero-order valence-electron chi connectivity index (χ0n) is 66.0. The molecule has 6 fully saturated rings. The second-order valence-corrected chi connectivity index (χ2v) is 45.6. The number of hydrogen-bond donors (Lipinski definition) is 7. The monoisotopic (exact) mass is 2000 g/mol. The lowest BCUT2D eigenvalue weighted by Gasteiger charge is -2.36. The van der Waals surface area contributed by atoms with Crippen molar-refractivity contribution in [1.29, 1.82) is 0 Å². The first-order valence-corrected chi connectivity index (χ1v) is 53.3. The van der Waals surface area contributed by atoms with Crippen molar-refractivity contribution in [1.82, 2.24) is 97.2 Å². The minimum absolute atomic E-state index is 0.0247. The van der Waals surface area contributed by atoms with Crippen LogP contribution in [0, 0.1) is 13.8 Å². The lowest BCUT2D eigenvalue weighted by molar-refractivity contribution is -0.221. The molecule has 0 aromatic carbocycles. The number of rotatable bonds is 35. The molecule has 24 atom stereocenters. The molecule has 0 spiro atoms. The Hall–Kier alpha value is -6.53. The summed E-state index contributed by atoms with van der Waals surface area (Å²) in [6.45, 7) is -27.6. The highest BCUT2D eigenvalue weighted by atomic mass is 32.7. The van der Waals surface area contributed by atoms with Crippen LogP contribution in [0.1, 0.15) is 100 Å². The zero-order chi connectivity index (χ0) is 90.3. The van der Waals surface area contributed by atoms with E-state index in [9.17, 15) is 53.0 Å². The van der Waals surface area contributed by atoms with Crippen LogP contribution in [0.2, 0.25) is 0 Å². The van der Waals surface area contributed by atoms with E-state index in [1.54, 1.807) is 4.57 Å². The molecule has 0 radical (unpaired) electrons. The van der Waals surface area contributed by atoms with E-state index in [0.29, 0.717) is 17.6 Å². The van der Waals surface area contributed by atoms with E-state index in [1.807, 2.05) is 6.92 Å². The second-order valence-electron chi connectivity index (χ2n) is 29.3. The molecule has 53 nitrogen and oxygen atoms in total. The summed E-state index contributed by atoms with van der Waals surface area (Å²) in [6.07, 6.45) is -12.4. The van der Waals surface area contributed by atoms with Gasteiger partial charge in [-0.3, -0.25) is 61.3 Å². The van der Waals surface area contributed by atoms with Crippen molar-refractivity contribution in [2.45, 2.75) is 176 Å². The fourth-order valence-electron chi connectivity index (χ4n) is 15.0. The number of H-pyrrole nitrogens is 3. The van der Waals surface area contributed by atoms with Crippen molar-refractivity contribution in [3.05, 3.63) is 120 Å². The first kappa shape index (κ1) is 93.7. The standard InChI is InChI=1S/C62H80N24O29P6S6/c1-5-28-29(6-42(104-28)83-22-73-46-50(63)67-19-70-53(46)83)111-117(93,123)99-18-39-34(11-45(109-39)86-25-76-49-56(86)77-60(66)78-59(49)89)115-121(97,127)102-16-37-32(8-41(106-37)82-13-27(3)58(88)80-62(82)91)113-119(95,125)103-17-38-33(10-44(108-38)85-24-75-48-52(65)69-21-72-55(48)85)114-120(96,126)101-15-36-31(7-40(105-36)81-12-26(2)57(87)79-61(81)90)112-118(94,124)100-14-35-30(110-116(92,122)98-4)9-43(107-35)84-23-74-47-51(64)68-20-71-54(47)84/h12-13,19-25,28-45H,5-11,14-18H2,1-4H3,(H,92,122)(H,93,123)(H,94,124)(H,95,125)(H,96,126)(H,97,127)(H2,63,67,70)(H2,64,68,71)(H2,65,69,72)(H,79,87,90)(H,80,88,91)(H3,66,77,78,89)/p-6/t28-,29-,30-,31-,32-,33-,34-,35-,36-,37-,38-,39-,40-,41-,42-,43-,44-,45-,116?,117?,118?,119?,120?,121?/m1/s1. The minimum Gasteiger partial charge on any atom is -0.780 e. The molecule has 127 heavy (non-hydrogen) atoms. The molecular formula is C62H74N24O29P6S6-6. The Labute approximate surface area is 743 Å². The number of nitrogens with zero attached hydrogens (tertiary/aromatic N) is 17. The number of nitrogens with two attached hydrogens (primary N) is 4. The molecule has 688 valence electrons. The number of ether oxygens (including phenoxy) is 6. The van der Waals surface area contributed by atoms with E-state index in [1.165, 1.54) is 77.9 Å². The summed E-state index contributed by atoms with van der Waals surface area (Å²) < 4.78 is 131. The van der Waals surface area contributed by atoms with Crippen molar-refractivity contribution < 1.29 is 112 Å². The summed E-state index contributed by atoms with van der Waals surface area (Å²) >= 11 is 32.6. The Balaban J connectivity index is 0.611. The number of fused-ring (bicyclic) bond motifs is 4. The third-order valence-corrected chi connectivity index (χ3v) is 30.6. The van der Waals surface area contributed by atoms with Crippen LogP contribution in [0.5, 0.6) is 0 Å². The molecule has 6 aliphatic heterocycles. The average Bonchev–Trinajstić information content (AvgIpc) is 1.64. The predicted octanol–water partition coefficient (Wildman–Crippen LogP) is -1.56. The number of nitrogens with one attached hydrogen (secondary N) is 3. The third kappa shape index (κ3) is 21.0. The lowest BCUT2D eigenvalue weighted by atomic mass is 10.1. The Morgan fingerprint density at radius 2 is 0.701 bits per heavy atom. The number of imidazole rings is 4. The highest BCUT2D eigenvalue weighted by molar-refractivity contribution is 8.32. The third-order valence-electron chi connectivity index (χ3n) is 21.0. The van der Waals surface area contributed by atoms with Gasteiger partial charge in [0.05, 0.1) is 101 Å². The highest BCUT2D eigenvalue weighted by Crippen LogP contribution is 2.56. The number of aryl methyl sites for hydroxylation is 2. The molecule has 0 saturated carbocycles. The first-order valence-electron chi connectivity index (χ1n) is 38.0. The summed E-state index contributed by atoms with van der Waals surface area (Å²) in [5, 5.41) is 0. The van der Waals surface area contributed by atoms with Crippen LogP contribution in [-0.2, 0) is 159 Å². The molecule has 6 saturated heterocycles. The van der Waals surface area contributed by atoms with Crippen molar-refractivity contribution in [2.24, 2.45) is 0 Å². The summed E-state index contributed by atoms with van der Waals surface area (Å²) in [4.78, 5) is 189. The number of hydrogen-bond acceptors (Lipinski definition) is 50. The van der Waals surface area contributed by atoms with Crippen LogP contribution in [-0.4, -0.2) is 211 Å². The van der Waals surface area contributed by atoms with E-state index in [-0.39, 0.29) is 100 Å². The topological polar surface area (TPSA) is 707 Å². The molecule has 0 aliphatic carbocycles. The zero-order valence-corrected chi connectivity index (χ0v) is 76.2. The van der Waals surface area contributed by atoms with E-state index < -0.39 is 219 Å². The predicted molar refractivity (Wildman–Crippen MR) is 448 cm³/mol. The number of anilines is 4. The Kier molecular flexibility index (Phi) is 27.7. The van der Waals surface area contributed by atoms with Gasteiger partial charge in [-0.2, -0.15) is 4.98 Å². The van der Waals surface area contributed by atoms with E-state index >= 15 is 0 Å². The summed E-state index contributed by atoms with van der Waals surface area (Å²) in [5.74, 6) is -0.118. The van der Waals surface area contributed by atoms with E-state index in [0.717, 1.165) is 22.6 Å². The molecule has 16 rings (SSSR count). The lowest BCUT2D eigenvalue weighted by Crippen LogP contribution is -2.34. The molecule has 16 heterocycles. The molecule has 0 bridgehead atoms. The molecule has 10 aromatic rings. The number of aromatic amines is 3. The van der Waals surface area contributed by atoms with Gasteiger partial charge in [-0.15, -0.1) is 0 Å². The van der Waals surface area contributed by atoms with E-state index in [4.69, 9.17) is 177 Å². The van der Waals surface area contributed by atoms with Crippen molar-refractivity contribution in [2.75, 3.05) is 63.1 Å². The van der Waals surface area contributed by atoms with Crippen LogP contribution in [0.15, 0.2) is 80.7 Å². The van der Waals surface area contributed by atoms with Gasteiger partial charge in [-0.1, -0.05) is 66.0 Å². The summed E-state index contributed by atoms with van der Waals surface area (Å²) in [6, 6.07) is 0. The van der Waals surface area contributed by atoms with Gasteiger partial charge in [0.2, 0.25) is 5.95 Å². The van der Waals surface area contributed by atoms with Crippen LogP contribution in [0.3, 0.4) is 0 Å². The van der Waals surface area contributed by atoms with Crippen LogP contribution >= 0.6 is 40.4 Å². The van der Waals surface area contributed by atoms with Crippen molar-refractivity contribution >= 4 is 180 Å². The maximum absolute atomic E-state index is 14.9. The Morgan fingerprint density at radius 1 is 0.409 bits per heavy atom. The molecule has 10 aromatic heterocycles. The van der Waals surface area contributed by atoms with Gasteiger partial charge in [0.1, 0.15) is 137 Å². The first-order chi connectivity index (χ1) is 60.2. The van der Waals surface area contributed by atoms with E-state index in [2.05, 4.69) is 69.8 Å². The normalized spacial score (nSPS) is 29.3. The van der Waals surface area contributed by atoms with Crippen LogP contribution in [0.4, 0.5) is 23.4 Å². The Morgan fingerprint density at radius 3 is 1.04 bits per heavy atom. The maximum Gasteiger partial charge on any atom is 0.330 e. The molecule has 65 heteroatoms. The smallest absolute Gasteiger partial charge is 0.330 e. The largest absolute Gasteiger partial charge is 0.780 e. The minimum atomic E-state index is -4.97. The van der Waals surface area contributed by atoms with Crippen molar-refractivity contribution in [3.63, 3.8) is 0 Å². The summed E-state index contributed by atoms with van der Waals surface area (Å²) in [7, 11) is 1.07. The highest BCUT2D eigenvalue weighted by Gasteiger charge is 2.48. The van der Waals surface area contributed by atoms with Gasteiger partial charge < -0.3 is 142 Å². The SMILES string of the molecule is CC[C@H]1O[C@@H](n2cnc3c(N)ncnc32)C[C@H]1OP([O-])(=S)OC[C@H]1O[C@@H](n2cnc3c(=O)[nH]c(N)nc32)C[C@H]1OP(=O)([S-])OC[C@H]1O[C@@H](n2cc(C)c(=O)[nH]c2=O)C[C@H]1OP([O-])(=S)OC[C@H]1O[C@@H](n2cnc3c(N)ncnc32)C[C@H]1OP([O-])(=S)OC[C@H]1O[C@@H](n2cc(C)c(=O)[nH]c2=O)C[C@H]1OP([O-])(=S)OC[C@H]1O[C@@H](n2cnc3c(N)ncnc32)C[C@H]1OP([O-])(=S)OC. The number of nitrogen functional groups attached to an aromatic ring is 4. The molecule has 11 N–H and O–H groups in total. The average molecular weight is 2000 g/mol. The van der Waals surface area contributed by atoms with Gasteiger partial charge in [-0.05, 0) is 20.3 Å².